The minimum atomic E-state index is -0.0819. The van der Waals surface area contributed by atoms with Crippen LogP contribution in [0.2, 0.25) is 0 Å². The predicted octanol–water partition coefficient (Wildman–Crippen LogP) is 4.26. The lowest BCUT2D eigenvalue weighted by molar-refractivity contribution is -0.115. The summed E-state index contributed by atoms with van der Waals surface area (Å²) in [5.74, 6) is 1.45. The van der Waals surface area contributed by atoms with Crippen molar-refractivity contribution in [3.63, 3.8) is 0 Å². The number of benzene rings is 2. The van der Waals surface area contributed by atoms with Gasteiger partial charge in [-0.25, -0.2) is 4.98 Å². The summed E-state index contributed by atoms with van der Waals surface area (Å²) in [6, 6.07) is 15.0. The van der Waals surface area contributed by atoms with Gasteiger partial charge in [0.25, 0.3) is 0 Å². The van der Waals surface area contributed by atoms with Crippen molar-refractivity contribution in [1.82, 2.24) is 9.38 Å². The van der Waals surface area contributed by atoms with E-state index in [1.54, 1.807) is 14.2 Å². The second-order valence-electron chi connectivity index (χ2n) is 6.19. The van der Waals surface area contributed by atoms with Crippen LogP contribution in [-0.2, 0) is 11.2 Å². The Morgan fingerprint density at radius 1 is 1.11 bits per heavy atom. The average molecular weight is 393 g/mol. The van der Waals surface area contributed by atoms with E-state index in [4.69, 9.17) is 9.47 Å². The fourth-order valence-electron chi connectivity index (χ4n) is 2.92. The van der Waals surface area contributed by atoms with Gasteiger partial charge in [-0.05, 0) is 36.4 Å². The van der Waals surface area contributed by atoms with E-state index >= 15 is 0 Å². The Morgan fingerprint density at radius 3 is 2.64 bits per heavy atom. The number of hydrogen-bond donors (Lipinski definition) is 1. The molecule has 28 heavy (non-hydrogen) atoms. The molecule has 2 aromatic heterocycles. The normalized spacial score (nSPS) is 10.8. The minimum Gasteiger partial charge on any atom is -0.497 e. The highest BCUT2D eigenvalue weighted by Gasteiger charge is 2.13. The number of carbonyl (C=O) groups excluding carboxylic acids is 1. The third kappa shape index (κ3) is 3.70. The van der Waals surface area contributed by atoms with E-state index in [2.05, 4.69) is 10.3 Å². The van der Waals surface area contributed by atoms with Gasteiger partial charge in [0.2, 0.25) is 5.91 Å². The number of thiazole rings is 1. The molecule has 4 rings (SSSR count). The Morgan fingerprint density at radius 2 is 1.89 bits per heavy atom. The first-order valence-electron chi connectivity index (χ1n) is 8.70. The van der Waals surface area contributed by atoms with Crippen molar-refractivity contribution < 1.29 is 14.3 Å². The summed E-state index contributed by atoms with van der Waals surface area (Å²) in [5.41, 5.74) is 3.46. The summed E-state index contributed by atoms with van der Waals surface area (Å²) in [6.07, 6.45) is 2.22. The van der Waals surface area contributed by atoms with Gasteiger partial charge in [0.15, 0.2) is 4.96 Å². The summed E-state index contributed by atoms with van der Waals surface area (Å²) in [7, 11) is 3.25. The molecule has 6 nitrogen and oxygen atoms in total. The maximum Gasteiger partial charge on any atom is 0.230 e. The number of methoxy groups -OCH3 is 2. The molecule has 1 N–H and O–H groups in total. The van der Waals surface area contributed by atoms with Crippen LogP contribution in [-0.4, -0.2) is 29.5 Å². The van der Waals surface area contributed by atoms with Crippen molar-refractivity contribution in [2.45, 2.75) is 6.42 Å². The SMILES string of the molecule is COc1ccc(NC(=O)Cc2csc3nc(-c4cccc(OC)c4)cn23)cc1. The molecule has 2 aromatic carbocycles. The van der Waals surface area contributed by atoms with Crippen molar-refractivity contribution >= 4 is 27.9 Å². The molecule has 7 heteroatoms. The molecule has 0 spiro atoms. The van der Waals surface area contributed by atoms with E-state index in [1.807, 2.05) is 64.5 Å². The van der Waals surface area contributed by atoms with E-state index in [0.717, 1.165) is 39.1 Å². The molecule has 142 valence electrons. The lowest BCUT2D eigenvalue weighted by Gasteiger charge is -2.06. The number of carbonyl (C=O) groups is 1. The van der Waals surface area contributed by atoms with E-state index < -0.39 is 0 Å². The predicted molar refractivity (Wildman–Crippen MR) is 110 cm³/mol. The number of hydrogen-bond acceptors (Lipinski definition) is 5. The van der Waals surface area contributed by atoms with Crippen LogP contribution >= 0.6 is 11.3 Å². The maximum atomic E-state index is 12.5. The molecule has 0 saturated heterocycles. The van der Waals surface area contributed by atoms with Gasteiger partial charge in [0, 0.05) is 28.5 Å². The molecule has 0 bridgehead atoms. The molecule has 0 aliphatic heterocycles. The van der Waals surface area contributed by atoms with Gasteiger partial charge in [-0.2, -0.15) is 0 Å². The number of imidazole rings is 1. The Labute approximate surface area is 166 Å². The van der Waals surface area contributed by atoms with Crippen molar-refractivity contribution in [2.75, 3.05) is 19.5 Å². The summed E-state index contributed by atoms with van der Waals surface area (Å²) in [6.45, 7) is 0. The smallest absolute Gasteiger partial charge is 0.230 e. The molecule has 1 amide bonds. The second kappa shape index (κ2) is 7.74. The summed E-state index contributed by atoms with van der Waals surface area (Å²) < 4.78 is 12.4. The van der Waals surface area contributed by atoms with Gasteiger partial charge in [-0.15, -0.1) is 11.3 Å². The van der Waals surface area contributed by atoms with Crippen molar-refractivity contribution in [2.24, 2.45) is 0 Å². The topological polar surface area (TPSA) is 64.9 Å². The fraction of sp³-hybridized carbons (Fsp3) is 0.143. The molecule has 0 fully saturated rings. The number of nitrogens with zero attached hydrogens (tertiary/aromatic N) is 2. The Balaban J connectivity index is 1.52. The number of aromatic nitrogens is 2. The number of ether oxygens (including phenoxy) is 2. The molecule has 2 heterocycles. The van der Waals surface area contributed by atoms with E-state index in [-0.39, 0.29) is 12.3 Å². The van der Waals surface area contributed by atoms with Gasteiger partial charge < -0.3 is 14.8 Å². The molecule has 0 unspecified atom stereocenters. The van der Waals surface area contributed by atoms with Crippen molar-refractivity contribution in [3.05, 3.63) is 65.8 Å². The fourth-order valence-corrected chi connectivity index (χ4v) is 3.79. The van der Waals surface area contributed by atoms with Crippen molar-refractivity contribution in [1.29, 1.82) is 0 Å². The average Bonchev–Trinajstić information content (AvgIpc) is 3.30. The van der Waals surface area contributed by atoms with E-state index in [9.17, 15) is 4.79 Å². The van der Waals surface area contributed by atoms with Crippen LogP contribution < -0.4 is 14.8 Å². The van der Waals surface area contributed by atoms with Gasteiger partial charge in [0.1, 0.15) is 11.5 Å². The van der Waals surface area contributed by atoms with Crippen molar-refractivity contribution in [3.8, 4) is 22.8 Å². The molecule has 4 aromatic rings. The third-order valence-electron chi connectivity index (χ3n) is 4.36. The van der Waals surface area contributed by atoms with Crippen LogP contribution in [0.3, 0.4) is 0 Å². The van der Waals surface area contributed by atoms with Crippen LogP contribution in [0.15, 0.2) is 60.1 Å². The molecule has 0 aliphatic rings. The first-order chi connectivity index (χ1) is 13.7. The highest BCUT2D eigenvalue weighted by Crippen LogP contribution is 2.26. The number of nitrogens with one attached hydrogen (secondary N) is 1. The highest BCUT2D eigenvalue weighted by atomic mass is 32.1. The van der Waals surface area contributed by atoms with E-state index in [1.165, 1.54) is 11.3 Å². The monoisotopic (exact) mass is 393 g/mol. The third-order valence-corrected chi connectivity index (χ3v) is 5.25. The molecule has 0 atom stereocenters. The van der Waals surface area contributed by atoms with Gasteiger partial charge in [-0.1, -0.05) is 12.1 Å². The van der Waals surface area contributed by atoms with Gasteiger partial charge in [0.05, 0.1) is 26.3 Å². The Kier molecular flexibility index (Phi) is 4.99. The van der Waals surface area contributed by atoms with Crippen LogP contribution in [0.5, 0.6) is 11.5 Å². The molecular formula is C21H19N3O3S. The molecular weight excluding hydrogens is 374 g/mol. The highest BCUT2D eigenvalue weighted by molar-refractivity contribution is 7.15. The number of anilines is 1. The largest absolute Gasteiger partial charge is 0.497 e. The summed E-state index contributed by atoms with van der Waals surface area (Å²) in [5, 5.41) is 4.87. The number of rotatable bonds is 6. The first kappa shape index (κ1) is 18.1. The molecule has 0 aliphatic carbocycles. The zero-order valence-corrected chi connectivity index (χ0v) is 16.3. The lowest BCUT2D eigenvalue weighted by Crippen LogP contribution is -2.15. The van der Waals surface area contributed by atoms with Crippen LogP contribution in [0.1, 0.15) is 5.69 Å². The van der Waals surface area contributed by atoms with Crippen LogP contribution in [0.4, 0.5) is 5.69 Å². The zero-order chi connectivity index (χ0) is 19.5. The first-order valence-corrected chi connectivity index (χ1v) is 9.58. The minimum absolute atomic E-state index is 0.0819. The molecule has 0 radical (unpaired) electrons. The van der Waals surface area contributed by atoms with Gasteiger partial charge >= 0.3 is 0 Å². The van der Waals surface area contributed by atoms with E-state index in [0.29, 0.717) is 0 Å². The Bertz CT molecular complexity index is 1120. The van der Waals surface area contributed by atoms with Crippen LogP contribution in [0, 0.1) is 0 Å². The Hall–Kier alpha value is -3.32. The lowest BCUT2D eigenvalue weighted by atomic mass is 10.1. The number of amides is 1. The standard InChI is InChI=1S/C21H19N3O3S/c1-26-17-8-6-15(7-9-17)22-20(25)11-16-13-28-21-23-19(12-24(16)21)14-4-3-5-18(10-14)27-2/h3-10,12-13H,11H2,1-2H3,(H,22,25). The van der Waals surface area contributed by atoms with Crippen LogP contribution in [0.25, 0.3) is 16.2 Å². The number of fused-ring (bicyclic) bond motifs is 1. The maximum absolute atomic E-state index is 12.5. The quantitative estimate of drug-likeness (QED) is 0.532. The zero-order valence-electron chi connectivity index (χ0n) is 15.5. The second-order valence-corrected chi connectivity index (χ2v) is 7.03. The summed E-state index contributed by atoms with van der Waals surface area (Å²) >= 11 is 1.52. The summed E-state index contributed by atoms with van der Waals surface area (Å²) in [4.78, 5) is 18.0. The molecule has 0 saturated carbocycles. The van der Waals surface area contributed by atoms with Gasteiger partial charge in [-0.3, -0.25) is 9.20 Å².